The third kappa shape index (κ3) is 5.55. The summed E-state index contributed by atoms with van der Waals surface area (Å²) in [5.74, 6) is 0. The molecule has 2 rings (SSSR count). The molecule has 0 saturated carbocycles. The van der Waals surface area contributed by atoms with Gasteiger partial charge >= 0.3 is 0 Å². The van der Waals surface area contributed by atoms with E-state index < -0.39 is 14.4 Å². The summed E-state index contributed by atoms with van der Waals surface area (Å²) in [4.78, 5) is 0. The van der Waals surface area contributed by atoms with Crippen LogP contribution in [0.4, 0.5) is 0 Å². The molecule has 1 N–H and O–H groups in total. The molecule has 0 amide bonds. The fourth-order valence-electron chi connectivity index (χ4n) is 3.66. The third-order valence-electron chi connectivity index (χ3n) is 4.87. The molecule has 0 aliphatic rings. The number of aliphatic hydroxyl groups excluding tert-OH is 1. The number of hydrogen-bond donors (Lipinski definition) is 1. The van der Waals surface area contributed by atoms with Crippen molar-refractivity contribution in [3.63, 3.8) is 0 Å². The largest absolute Gasteiger partial charge is 0.407 e. The molecule has 0 aromatic heterocycles. The zero-order valence-corrected chi connectivity index (χ0v) is 18.4. The van der Waals surface area contributed by atoms with Crippen molar-refractivity contribution in [1.82, 2.24) is 0 Å². The fourth-order valence-corrected chi connectivity index (χ4v) is 8.45. The summed E-state index contributed by atoms with van der Waals surface area (Å²) in [6.07, 6.45) is 1.42. The molecule has 146 valence electrons. The summed E-state index contributed by atoms with van der Waals surface area (Å²) >= 11 is 5.80. The lowest BCUT2D eigenvalue weighted by Gasteiger charge is -2.43. The Hall–Kier alpha value is -1.39. The molecule has 0 heterocycles. The minimum Gasteiger partial charge on any atom is -0.407 e. The van der Waals surface area contributed by atoms with Gasteiger partial charge in [-0.15, -0.1) is 0 Å². The van der Waals surface area contributed by atoms with Crippen LogP contribution >= 0.6 is 11.6 Å². The number of hydrogen-bond acceptors (Lipinski definition) is 2. The highest BCUT2D eigenvalue weighted by Gasteiger charge is 2.49. The minimum absolute atomic E-state index is 0.0290. The van der Waals surface area contributed by atoms with Crippen LogP contribution in [0.3, 0.4) is 0 Å². The first kappa shape index (κ1) is 21.9. The van der Waals surface area contributed by atoms with Gasteiger partial charge in [0.2, 0.25) is 0 Å². The fraction of sp³-hybridized carbons (Fsp3) is 0.391. The summed E-state index contributed by atoms with van der Waals surface area (Å²) in [6, 6.07) is 21.2. The van der Waals surface area contributed by atoms with Gasteiger partial charge in [0.1, 0.15) is 0 Å². The van der Waals surface area contributed by atoms with Gasteiger partial charge in [-0.1, -0.05) is 99.6 Å². The van der Waals surface area contributed by atoms with Crippen LogP contribution in [0.5, 0.6) is 0 Å². The van der Waals surface area contributed by atoms with Crippen LogP contribution in [-0.4, -0.2) is 26.1 Å². The summed E-state index contributed by atoms with van der Waals surface area (Å²) in [7, 11) is -2.48. The first-order chi connectivity index (χ1) is 12.8. The molecule has 0 aliphatic carbocycles. The molecule has 0 radical (unpaired) electrons. The molecule has 0 fully saturated rings. The topological polar surface area (TPSA) is 29.5 Å². The van der Waals surface area contributed by atoms with Crippen LogP contribution in [-0.2, 0) is 4.43 Å². The Morgan fingerprint density at radius 1 is 1.04 bits per heavy atom. The summed E-state index contributed by atoms with van der Waals surface area (Å²) < 4.78 is 6.79. The molecule has 0 aliphatic heterocycles. The van der Waals surface area contributed by atoms with Gasteiger partial charge in [0, 0.05) is 18.1 Å². The van der Waals surface area contributed by atoms with E-state index in [1.165, 1.54) is 10.4 Å². The Kier molecular flexibility index (Phi) is 7.87. The van der Waals surface area contributed by atoms with Crippen LogP contribution in [0.2, 0.25) is 5.04 Å². The highest BCUT2D eigenvalue weighted by atomic mass is 35.5. The third-order valence-corrected chi connectivity index (χ3v) is 10.1. The molecule has 4 heteroatoms. The van der Waals surface area contributed by atoms with Gasteiger partial charge < -0.3 is 9.53 Å². The number of benzene rings is 2. The predicted molar refractivity (Wildman–Crippen MR) is 118 cm³/mol. The molecule has 1 atom stereocenters. The molecular weight excluding hydrogens is 372 g/mol. The van der Waals surface area contributed by atoms with E-state index in [0.29, 0.717) is 24.5 Å². The number of rotatable bonds is 9. The molecule has 2 aromatic rings. The first-order valence-corrected chi connectivity index (χ1v) is 11.8. The minimum atomic E-state index is -2.48. The van der Waals surface area contributed by atoms with E-state index in [1.54, 1.807) is 0 Å². The van der Waals surface area contributed by atoms with Crippen molar-refractivity contribution in [3.8, 4) is 0 Å². The van der Waals surface area contributed by atoms with Crippen LogP contribution < -0.4 is 10.4 Å². The van der Waals surface area contributed by atoms with Gasteiger partial charge in [0.05, 0.1) is 6.10 Å². The van der Waals surface area contributed by atoms with E-state index in [2.05, 4.69) is 75.9 Å². The molecule has 1 unspecified atom stereocenters. The van der Waals surface area contributed by atoms with E-state index >= 15 is 0 Å². The highest BCUT2D eigenvalue weighted by molar-refractivity contribution is 6.99. The van der Waals surface area contributed by atoms with Crippen molar-refractivity contribution in [2.24, 2.45) is 0 Å². The van der Waals surface area contributed by atoms with E-state index in [4.69, 9.17) is 16.0 Å². The van der Waals surface area contributed by atoms with E-state index in [9.17, 15) is 5.11 Å². The molecular formula is C23H31ClO2Si. The maximum absolute atomic E-state index is 10.1. The quantitative estimate of drug-likeness (QED) is 0.480. The number of halogens is 1. The molecule has 27 heavy (non-hydrogen) atoms. The van der Waals surface area contributed by atoms with Crippen molar-refractivity contribution >= 4 is 30.3 Å². The molecule has 2 nitrogen and oxygen atoms in total. The summed E-state index contributed by atoms with van der Waals surface area (Å²) in [5, 5.41) is 13.1. The monoisotopic (exact) mass is 402 g/mol. The summed E-state index contributed by atoms with van der Waals surface area (Å²) in [5.41, 5.74) is 0. The maximum atomic E-state index is 10.1. The smallest absolute Gasteiger partial charge is 0.261 e. The second-order valence-corrected chi connectivity index (χ2v) is 12.9. The average molecular weight is 403 g/mol. The lowest BCUT2D eigenvalue weighted by molar-refractivity contribution is 0.153. The Labute approximate surface area is 170 Å². The van der Waals surface area contributed by atoms with Crippen LogP contribution in [0.1, 0.15) is 40.0 Å². The van der Waals surface area contributed by atoms with Gasteiger partial charge in [-0.25, -0.2) is 0 Å². The van der Waals surface area contributed by atoms with E-state index in [-0.39, 0.29) is 5.04 Å². The van der Waals surface area contributed by atoms with E-state index in [1.807, 2.05) is 12.1 Å². The maximum Gasteiger partial charge on any atom is 0.261 e. The summed E-state index contributed by atoms with van der Waals surface area (Å²) in [6.45, 7) is 11.1. The Morgan fingerprint density at radius 3 is 1.93 bits per heavy atom. The van der Waals surface area contributed by atoms with E-state index in [0.717, 1.165) is 6.42 Å². The van der Waals surface area contributed by atoms with Gasteiger partial charge in [-0.05, 0) is 28.3 Å². The zero-order chi connectivity index (χ0) is 19.9. The van der Waals surface area contributed by atoms with Crippen molar-refractivity contribution < 1.29 is 9.53 Å². The number of aliphatic hydroxyl groups is 1. The van der Waals surface area contributed by atoms with Crippen LogP contribution in [0.25, 0.3) is 0 Å². The second kappa shape index (κ2) is 9.70. The molecule has 2 aromatic carbocycles. The Bertz CT molecular complexity index is 671. The van der Waals surface area contributed by atoms with Crippen molar-refractivity contribution in [2.75, 3.05) is 6.61 Å². The lowest BCUT2D eigenvalue weighted by atomic mass is 10.1. The Balaban J connectivity index is 2.29. The zero-order valence-electron chi connectivity index (χ0n) is 16.6. The molecule has 0 bridgehead atoms. The highest BCUT2D eigenvalue weighted by Crippen LogP contribution is 2.36. The second-order valence-electron chi connectivity index (χ2n) is 8.03. The lowest BCUT2D eigenvalue weighted by Crippen LogP contribution is -2.66. The molecule has 0 spiro atoms. The van der Waals surface area contributed by atoms with Crippen molar-refractivity contribution in [2.45, 2.75) is 51.2 Å². The molecule has 0 saturated heterocycles. The van der Waals surface area contributed by atoms with Gasteiger partial charge in [0.15, 0.2) is 0 Å². The van der Waals surface area contributed by atoms with Gasteiger partial charge in [0.25, 0.3) is 8.32 Å². The van der Waals surface area contributed by atoms with Crippen LogP contribution in [0.15, 0.2) is 72.3 Å². The van der Waals surface area contributed by atoms with Crippen LogP contribution in [0, 0.1) is 0 Å². The van der Waals surface area contributed by atoms with Crippen molar-refractivity contribution in [3.05, 3.63) is 72.3 Å². The first-order valence-electron chi connectivity index (χ1n) is 9.53. The van der Waals surface area contributed by atoms with Gasteiger partial charge in [-0.2, -0.15) is 0 Å². The predicted octanol–water partition coefficient (Wildman–Crippen LogP) is 4.85. The normalized spacial score (nSPS) is 13.4. The standard InChI is InChI=1S/C23H31ClO2Si/c1-19(24)18-20(25)12-11-17-26-27(23(2,3)4,21-13-7-5-8-14-21)22-15-9-6-10-16-22/h5-10,13-16,20,25H,1,11-12,17-18H2,2-4H3. The average Bonchev–Trinajstić information content (AvgIpc) is 2.61. The van der Waals surface area contributed by atoms with Crippen molar-refractivity contribution in [1.29, 1.82) is 0 Å². The Morgan fingerprint density at radius 2 is 1.52 bits per heavy atom. The SMILES string of the molecule is C=C(Cl)CC(O)CCCO[Si](c1ccccc1)(c1ccccc1)C(C)(C)C. The van der Waals surface area contributed by atoms with Gasteiger partial charge in [-0.3, -0.25) is 0 Å².